The predicted molar refractivity (Wildman–Crippen MR) is 87.5 cm³/mol. The number of carboxylic acids is 1. The molecule has 0 fully saturated rings. The van der Waals surface area contributed by atoms with Gasteiger partial charge < -0.3 is 29.7 Å². The summed E-state index contributed by atoms with van der Waals surface area (Å²) < 4.78 is 10.5. The second kappa shape index (κ2) is 5.86. The van der Waals surface area contributed by atoms with Gasteiger partial charge in [0.05, 0.1) is 18.1 Å². The lowest BCUT2D eigenvalue weighted by atomic mass is 10.1. The first-order valence-electron chi connectivity index (χ1n) is 7.62. The number of carbonyl (C=O) groups excluding carboxylic acids is 2. The number of aromatic amines is 1. The summed E-state index contributed by atoms with van der Waals surface area (Å²) in [4.78, 5) is 26.5. The topological polar surface area (TPSA) is 103 Å². The first kappa shape index (κ1) is 15.1. The summed E-state index contributed by atoms with van der Waals surface area (Å²) in [7, 11) is 0. The number of aromatic nitrogens is 1. The van der Waals surface area contributed by atoms with Crippen LogP contribution in [0.25, 0.3) is 10.9 Å². The summed E-state index contributed by atoms with van der Waals surface area (Å²) in [5, 5.41) is 14.8. The third-order valence-electron chi connectivity index (χ3n) is 4.01. The van der Waals surface area contributed by atoms with Crippen LogP contribution in [0.2, 0.25) is 0 Å². The summed E-state index contributed by atoms with van der Waals surface area (Å²) in [5.41, 5.74) is 1.51. The molecule has 0 radical (unpaired) electrons. The van der Waals surface area contributed by atoms with Crippen molar-refractivity contribution >= 4 is 28.5 Å². The van der Waals surface area contributed by atoms with Crippen LogP contribution in [0.15, 0.2) is 42.5 Å². The van der Waals surface area contributed by atoms with Gasteiger partial charge in [-0.1, -0.05) is 18.2 Å². The van der Waals surface area contributed by atoms with E-state index >= 15 is 0 Å². The highest BCUT2D eigenvalue weighted by Gasteiger charge is 2.17. The van der Waals surface area contributed by atoms with E-state index in [2.05, 4.69) is 10.3 Å². The molecule has 4 rings (SSSR count). The molecule has 2 N–H and O–H groups in total. The second-order valence-corrected chi connectivity index (χ2v) is 5.60. The lowest BCUT2D eigenvalue weighted by Crippen LogP contribution is -2.25. The molecule has 0 saturated heterocycles. The Bertz CT molecular complexity index is 992. The van der Waals surface area contributed by atoms with Crippen LogP contribution in [-0.4, -0.2) is 23.7 Å². The number of fused-ring (bicyclic) bond motifs is 2. The van der Waals surface area contributed by atoms with Gasteiger partial charge in [-0.2, -0.15) is 0 Å². The van der Waals surface area contributed by atoms with Crippen molar-refractivity contribution in [1.29, 1.82) is 0 Å². The maximum atomic E-state index is 12.4. The summed E-state index contributed by atoms with van der Waals surface area (Å²) in [6, 6.07) is 12.1. The molecule has 126 valence electrons. The van der Waals surface area contributed by atoms with Gasteiger partial charge in [0.1, 0.15) is 0 Å². The number of para-hydroxylation sites is 1. The molecule has 0 bridgehead atoms. The van der Waals surface area contributed by atoms with Gasteiger partial charge in [0.2, 0.25) is 12.7 Å². The Labute approximate surface area is 142 Å². The van der Waals surface area contributed by atoms with E-state index in [0.29, 0.717) is 33.7 Å². The van der Waals surface area contributed by atoms with Crippen LogP contribution >= 0.6 is 0 Å². The van der Waals surface area contributed by atoms with E-state index in [9.17, 15) is 14.7 Å². The highest BCUT2D eigenvalue weighted by Crippen LogP contribution is 2.34. The van der Waals surface area contributed by atoms with Crippen molar-refractivity contribution in [2.24, 2.45) is 0 Å². The normalized spacial score (nSPS) is 12.3. The van der Waals surface area contributed by atoms with Gasteiger partial charge in [-0.3, -0.25) is 4.79 Å². The number of carbonyl (C=O) groups is 2. The van der Waals surface area contributed by atoms with Gasteiger partial charge >= 0.3 is 0 Å². The molecule has 2 aromatic carbocycles. The summed E-state index contributed by atoms with van der Waals surface area (Å²) in [6.45, 7) is 0.150. The van der Waals surface area contributed by atoms with E-state index in [1.54, 1.807) is 42.5 Å². The second-order valence-electron chi connectivity index (χ2n) is 5.60. The Hall–Kier alpha value is -3.48. The maximum absolute atomic E-state index is 12.4. The Kier molecular flexibility index (Phi) is 3.53. The van der Waals surface area contributed by atoms with Crippen molar-refractivity contribution in [3.05, 3.63) is 53.7 Å². The number of amides is 1. The molecule has 2 heterocycles. The monoisotopic (exact) mass is 337 g/mol. The summed E-state index contributed by atoms with van der Waals surface area (Å²) in [5.74, 6) is -0.512. The number of carboxylic acid groups (broad SMARTS) is 1. The number of rotatable bonds is 4. The number of hydrogen-bond acceptors (Lipinski definition) is 5. The number of ether oxygens (including phenoxy) is 2. The van der Waals surface area contributed by atoms with Crippen LogP contribution in [-0.2, 0) is 11.2 Å². The van der Waals surface area contributed by atoms with Gasteiger partial charge in [-0.15, -0.1) is 0 Å². The zero-order valence-electron chi connectivity index (χ0n) is 13.0. The van der Waals surface area contributed by atoms with Crippen LogP contribution in [0, 0.1) is 0 Å². The fourth-order valence-corrected chi connectivity index (χ4v) is 2.90. The third kappa shape index (κ3) is 2.76. The van der Waals surface area contributed by atoms with Crippen molar-refractivity contribution in [2.45, 2.75) is 6.42 Å². The standard InChI is InChI=1S/C18H14N2O5/c21-16(19-10-5-6-14-15(7-10)25-9-24-14)8-12-11-3-1-2-4-13(11)20-17(12)18(22)23/h1-7,20H,8-9H2,(H,19,21)(H,22,23)/p-1. The predicted octanol–water partition coefficient (Wildman–Crippen LogP) is 1.44. The molecule has 7 heteroatoms. The number of hydrogen-bond donors (Lipinski definition) is 2. The van der Waals surface area contributed by atoms with Gasteiger partial charge in [0.25, 0.3) is 0 Å². The molecule has 7 nitrogen and oxygen atoms in total. The minimum Gasteiger partial charge on any atom is -0.543 e. The van der Waals surface area contributed by atoms with E-state index in [-0.39, 0.29) is 24.8 Å². The number of aromatic carboxylic acids is 1. The van der Waals surface area contributed by atoms with Crippen LogP contribution in [0.4, 0.5) is 5.69 Å². The number of nitrogens with one attached hydrogen (secondary N) is 2. The van der Waals surface area contributed by atoms with Crippen molar-refractivity contribution in [2.75, 3.05) is 12.1 Å². The number of benzene rings is 2. The molecule has 0 unspecified atom stereocenters. The van der Waals surface area contributed by atoms with E-state index < -0.39 is 5.97 Å². The highest BCUT2D eigenvalue weighted by molar-refractivity contribution is 6.01. The van der Waals surface area contributed by atoms with Crippen LogP contribution in [0.1, 0.15) is 16.1 Å². The van der Waals surface area contributed by atoms with Crippen molar-refractivity contribution in [1.82, 2.24) is 4.98 Å². The van der Waals surface area contributed by atoms with Crippen LogP contribution < -0.4 is 19.9 Å². The first-order valence-corrected chi connectivity index (χ1v) is 7.62. The Morgan fingerprint density at radius 1 is 1.12 bits per heavy atom. The fraction of sp³-hybridized carbons (Fsp3) is 0.111. The van der Waals surface area contributed by atoms with Gasteiger partial charge in [-0.05, 0) is 23.8 Å². The van der Waals surface area contributed by atoms with Crippen LogP contribution in [0.5, 0.6) is 11.5 Å². The molecule has 3 aromatic rings. The molecule has 0 saturated carbocycles. The fourth-order valence-electron chi connectivity index (χ4n) is 2.90. The molecule has 0 atom stereocenters. The zero-order chi connectivity index (χ0) is 17.4. The van der Waals surface area contributed by atoms with E-state index in [1.807, 2.05) is 0 Å². The maximum Gasteiger partial charge on any atom is 0.231 e. The van der Waals surface area contributed by atoms with Crippen LogP contribution in [0.3, 0.4) is 0 Å². The summed E-state index contributed by atoms with van der Waals surface area (Å²) >= 11 is 0. The van der Waals surface area contributed by atoms with E-state index in [1.165, 1.54) is 0 Å². The number of H-pyrrole nitrogens is 1. The summed E-state index contributed by atoms with van der Waals surface area (Å²) in [6.07, 6.45) is -0.0955. The Morgan fingerprint density at radius 2 is 1.92 bits per heavy atom. The molecule has 1 aliphatic heterocycles. The molecular weight excluding hydrogens is 324 g/mol. The largest absolute Gasteiger partial charge is 0.543 e. The van der Waals surface area contributed by atoms with E-state index in [4.69, 9.17) is 9.47 Å². The van der Waals surface area contributed by atoms with Crippen molar-refractivity contribution in [3.63, 3.8) is 0 Å². The highest BCUT2D eigenvalue weighted by atomic mass is 16.7. The quantitative estimate of drug-likeness (QED) is 0.750. The van der Waals surface area contributed by atoms with Gasteiger partial charge in [0, 0.05) is 22.7 Å². The molecular formula is C18H13N2O5-. The molecule has 1 amide bonds. The minimum atomic E-state index is -1.35. The Morgan fingerprint density at radius 3 is 2.76 bits per heavy atom. The zero-order valence-corrected chi connectivity index (χ0v) is 13.0. The molecule has 0 spiro atoms. The molecule has 1 aliphatic rings. The number of anilines is 1. The van der Waals surface area contributed by atoms with Gasteiger partial charge in [-0.25, -0.2) is 0 Å². The lowest BCUT2D eigenvalue weighted by Gasteiger charge is -2.08. The molecule has 1 aromatic heterocycles. The van der Waals surface area contributed by atoms with Crippen molar-refractivity contribution < 1.29 is 24.2 Å². The smallest absolute Gasteiger partial charge is 0.231 e. The van der Waals surface area contributed by atoms with Crippen molar-refractivity contribution in [3.8, 4) is 11.5 Å². The Balaban J connectivity index is 1.59. The van der Waals surface area contributed by atoms with E-state index in [0.717, 1.165) is 0 Å². The lowest BCUT2D eigenvalue weighted by molar-refractivity contribution is -0.255. The first-order chi connectivity index (χ1) is 12.1. The van der Waals surface area contributed by atoms with Gasteiger partial charge in [0.15, 0.2) is 11.5 Å². The molecule has 25 heavy (non-hydrogen) atoms. The SMILES string of the molecule is O=C(Cc1c(C(=O)[O-])[nH]c2ccccc12)Nc1ccc2c(c1)OCO2. The minimum absolute atomic E-state index is 0.0814. The molecule has 0 aliphatic carbocycles. The third-order valence-corrected chi connectivity index (χ3v) is 4.01. The average Bonchev–Trinajstić information content (AvgIpc) is 3.19. The average molecular weight is 337 g/mol.